The van der Waals surface area contributed by atoms with E-state index >= 15 is 0 Å². The number of aromatic nitrogens is 1. The van der Waals surface area contributed by atoms with Gasteiger partial charge in [0.1, 0.15) is 5.69 Å². The molecule has 1 heterocycles. The SMILES string of the molecule is CC(C)(C)c1ccc(C(=O)Nc2ccc3nc(SCC(=O)Nc4ccccc4[N+](=O)[O-])sc3c2)cc1. The van der Waals surface area contributed by atoms with Crippen LogP contribution < -0.4 is 10.6 Å². The Kier molecular flexibility index (Phi) is 7.37. The van der Waals surface area contributed by atoms with Crippen LogP contribution in [-0.2, 0) is 10.2 Å². The minimum Gasteiger partial charge on any atom is -0.322 e. The summed E-state index contributed by atoms with van der Waals surface area (Å²) in [6, 6.07) is 19.1. The Balaban J connectivity index is 1.38. The number of fused-ring (bicyclic) bond motifs is 1. The highest BCUT2D eigenvalue weighted by Gasteiger charge is 2.17. The molecule has 0 aliphatic carbocycles. The van der Waals surface area contributed by atoms with Gasteiger partial charge in [0.2, 0.25) is 5.91 Å². The summed E-state index contributed by atoms with van der Waals surface area (Å²) in [4.78, 5) is 40.1. The average Bonchev–Trinajstić information content (AvgIpc) is 3.25. The quantitative estimate of drug-likeness (QED) is 0.164. The second-order valence-electron chi connectivity index (χ2n) is 9.05. The Labute approximate surface area is 216 Å². The number of hydrogen-bond acceptors (Lipinski definition) is 7. The molecular formula is C26H24N4O4S2. The number of hydrogen-bond donors (Lipinski definition) is 2. The fourth-order valence-corrected chi connectivity index (χ4v) is 5.33. The van der Waals surface area contributed by atoms with Crippen molar-refractivity contribution in [2.45, 2.75) is 30.5 Å². The van der Waals surface area contributed by atoms with Crippen LogP contribution in [0.4, 0.5) is 17.1 Å². The smallest absolute Gasteiger partial charge is 0.292 e. The van der Waals surface area contributed by atoms with E-state index in [0.717, 1.165) is 15.8 Å². The van der Waals surface area contributed by atoms with E-state index in [-0.39, 0.29) is 34.4 Å². The fourth-order valence-electron chi connectivity index (χ4n) is 3.42. The summed E-state index contributed by atoms with van der Waals surface area (Å²) in [5.41, 5.74) is 3.17. The number of nitro groups is 1. The van der Waals surface area contributed by atoms with Gasteiger partial charge in [-0.3, -0.25) is 19.7 Å². The predicted molar refractivity (Wildman–Crippen MR) is 145 cm³/mol. The molecule has 184 valence electrons. The Hall–Kier alpha value is -3.76. The maximum Gasteiger partial charge on any atom is 0.292 e. The molecule has 0 atom stereocenters. The van der Waals surface area contributed by atoms with Crippen molar-refractivity contribution in [2.75, 3.05) is 16.4 Å². The number of thiazole rings is 1. The molecule has 0 radical (unpaired) electrons. The molecule has 0 aliphatic rings. The molecule has 4 rings (SSSR count). The molecule has 0 aliphatic heterocycles. The lowest BCUT2D eigenvalue weighted by atomic mass is 9.87. The number of nitrogens with one attached hydrogen (secondary N) is 2. The van der Waals surface area contributed by atoms with Crippen LogP contribution in [0.15, 0.2) is 71.1 Å². The lowest BCUT2D eigenvalue weighted by Gasteiger charge is -2.19. The molecule has 36 heavy (non-hydrogen) atoms. The number of thioether (sulfide) groups is 1. The summed E-state index contributed by atoms with van der Waals surface area (Å²) in [5, 5.41) is 16.6. The number of amides is 2. The van der Waals surface area contributed by atoms with Crippen molar-refractivity contribution in [3.05, 3.63) is 88.0 Å². The van der Waals surface area contributed by atoms with Crippen LogP contribution in [0.3, 0.4) is 0 Å². The van der Waals surface area contributed by atoms with Gasteiger partial charge in [0.25, 0.3) is 11.6 Å². The van der Waals surface area contributed by atoms with Crippen LogP contribution in [0.1, 0.15) is 36.7 Å². The van der Waals surface area contributed by atoms with Crippen LogP contribution in [-0.4, -0.2) is 27.5 Å². The third kappa shape index (κ3) is 6.07. The first-order valence-corrected chi connectivity index (χ1v) is 12.9. The number of nitro benzene ring substituents is 1. The van der Waals surface area contributed by atoms with Crippen molar-refractivity contribution in [1.82, 2.24) is 4.98 Å². The molecule has 10 heteroatoms. The van der Waals surface area contributed by atoms with Gasteiger partial charge in [0.15, 0.2) is 4.34 Å². The van der Waals surface area contributed by atoms with Gasteiger partial charge >= 0.3 is 0 Å². The van der Waals surface area contributed by atoms with Crippen LogP contribution in [0, 0.1) is 10.1 Å². The molecular weight excluding hydrogens is 496 g/mol. The number of para-hydroxylation sites is 2. The highest BCUT2D eigenvalue weighted by molar-refractivity contribution is 8.01. The monoisotopic (exact) mass is 520 g/mol. The summed E-state index contributed by atoms with van der Waals surface area (Å²) in [6.07, 6.45) is 0. The number of benzene rings is 3. The molecule has 0 spiro atoms. The second kappa shape index (κ2) is 10.5. The van der Waals surface area contributed by atoms with Crippen molar-refractivity contribution in [2.24, 2.45) is 0 Å². The minimum atomic E-state index is -0.534. The summed E-state index contributed by atoms with van der Waals surface area (Å²) in [5.74, 6) is -0.500. The van der Waals surface area contributed by atoms with Gasteiger partial charge in [-0.2, -0.15) is 0 Å². The van der Waals surface area contributed by atoms with E-state index in [1.807, 2.05) is 36.4 Å². The van der Waals surface area contributed by atoms with E-state index in [9.17, 15) is 19.7 Å². The second-order valence-corrected chi connectivity index (χ2v) is 11.3. The van der Waals surface area contributed by atoms with E-state index in [4.69, 9.17) is 0 Å². The van der Waals surface area contributed by atoms with E-state index in [1.165, 1.54) is 35.2 Å². The van der Waals surface area contributed by atoms with Crippen molar-refractivity contribution in [3.63, 3.8) is 0 Å². The molecule has 1 aromatic heterocycles. The highest BCUT2D eigenvalue weighted by Crippen LogP contribution is 2.32. The molecule has 0 bridgehead atoms. The number of nitrogens with zero attached hydrogens (tertiary/aromatic N) is 2. The summed E-state index contributed by atoms with van der Waals surface area (Å²) in [7, 11) is 0. The summed E-state index contributed by atoms with van der Waals surface area (Å²) < 4.78 is 1.56. The van der Waals surface area contributed by atoms with Crippen LogP contribution in [0.2, 0.25) is 0 Å². The first-order valence-electron chi connectivity index (χ1n) is 11.1. The van der Waals surface area contributed by atoms with Gasteiger partial charge in [-0.05, 0) is 47.4 Å². The highest BCUT2D eigenvalue weighted by atomic mass is 32.2. The molecule has 0 fully saturated rings. The van der Waals surface area contributed by atoms with Crippen molar-refractivity contribution in [3.8, 4) is 0 Å². The number of carbonyl (C=O) groups is 2. The van der Waals surface area contributed by atoms with E-state index < -0.39 is 4.92 Å². The van der Waals surface area contributed by atoms with Crippen molar-refractivity contribution < 1.29 is 14.5 Å². The molecule has 2 N–H and O–H groups in total. The first-order chi connectivity index (χ1) is 17.1. The van der Waals surface area contributed by atoms with E-state index in [2.05, 4.69) is 36.4 Å². The third-order valence-corrected chi connectivity index (χ3v) is 7.50. The minimum absolute atomic E-state index is 0.0160. The molecule has 4 aromatic rings. The Morgan fingerprint density at radius 3 is 2.44 bits per heavy atom. The maximum atomic E-state index is 12.7. The lowest BCUT2D eigenvalue weighted by molar-refractivity contribution is -0.383. The normalized spacial score (nSPS) is 11.3. The summed E-state index contributed by atoms with van der Waals surface area (Å²) in [6.45, 7) is 6.38. The topological polar surface area (TPSA) is 114 Å². The van der Waals surface area contributed by atoms with Crippen molar-refractivity contribution >= 4 is 62.2 Å². The lowest BCUT2D eigenvalue weighted by Crippen LogP contribution is -2.15. The van der Waals surface area contributed by atoms with Crippen LogP contribution in [0.5, 0.6) is 0 Å². The molecule has 0 unspecified atom stereocenters. The molecule has 0 saturated heterocycles. The average molecular weight is 521 g/mol. The van der Waals surface area contributed by atoms with Gasteiger partial charge in [-0.15, -0.1) is 11.3 Å². The Bertz CT molecular complexity index is 1440. The third-order valence-electron chi connectivity index (χ3n) is 5.34. The number of carbonyl (C=O) groups excluding carboxylic acids is 2. The van der Waals surface area contributed by atoms with E-state index in [0.29, 0.717) is 15.6 Å². The zero-order chi connectivity index (χ0) is 25.9. The predicted octanol–water partition coefficient (Wildman–Crippen LogP) is 6.49. The zero-order valence-electron chi connectivity index (χ0n) is 19.9. The Morgan fingerprint density at radius 1 is 1.03 bits per heavy atom. The maximum absolute atomic E-state index is 12.7. The van der Waals surface area contributed by atoms with Gasteiger partial charge in [0, 0.05) is 17.3 Å². The number of rotatable bonds is 7. The Morgan fingerprint density at radius 2 is 1.75 bits per heavy atom. The summed E-state index contributed by atoms with van der Waals surface area (Å²) >= 11 is 2.65. The van der Waals surface area contributed by atoms with Crippen LogP contribution in [0.25, 0.3) is 10.2 Å². The molecule has 3 aromatic carbocycles. The largest absolute Gasteiger partial charge is 0.322 e. The standard InChI is InChI=1S/C26H24N4O4S2/c1-26(2,3)17-10-8-16(9-11-17)24(32)27-18-12-13-20-22(14-18)36-25(29-20)35-15-23(31)28-19-6-4-5-7-21(19)30(33)34/h4-14H,15H2,1-3H3,(H,27,32)(H,28,31). The van der Waals surface area contributed by atoms with Crippen molar-refractivity contribution in [1.29, 1.82) is 0 Å². The van der Waals surface area contributed by atoms with Gasteiger partial charge in [0.05, 0.1) is 20.9 Å². The van der Waals surface area contributed by atoms with Gasteiger partial charge in [-0.1, -0.05) is 56.8 Å². The fraction of sp³-hybridized carbons (Fsp3) is 0.192. The van der Waals surface area contributed by atoms with Gasteiger partial charge in [-0.25, -0.2) is 4.98 Å². The molecule has 0 saturated carbocycles. The van der Waals surface area contributed by atoms with Gasteiger partial charge < -0.3 is 10.6 Å². The van der Waals surface area contributed by atoms with E-state index in [1.54, 1.807) is 18.2 Å². The van der Waals surface area contributed by atoms with Crippen LogP contribution >= 0.6 is 23.1 Å². The molecule has 8 nitrogen and oxygen atoms in total. The number of anilines is 2. The molecule has 2 amide bonds. The zero-order valence-corrected chi connectivity index (χ0v) is 21.5. The first kappa shape index (κ1) is 25.3.